The third kappa shape index (κ3) is 1.56. The molecule has 0 aliphatic carbocycles. The topological polar surface area (TPSA) is 47.3 Å². The normalized spacial score (nSPS) is 25.6. The van der Waals surface area contributed by atoms with Crippen LogP contribution in [0, 0.1) is 11.3 Å². The summed E-state index contributed by atoms with van der Waals surface area (Å²) >= 11 is 0. The van der Waals surface area contributed by atoms with Crippen LogP contribution >= 0.6 is 0 Å². The van der Waals surface area contributed by atoms with Gasteiger partial charge < -0.3 is 4.90 Å². The van der Waals surface area contributed by atoms with Crippen molar-refractivity contribution in [3.05, 3.63) is 0 Å². The first kappa shape index (κ1) is 9.01. The largest absolute Gasteiger partial charge is 0.343 e. The smallest absolute Gasteiger partial charge is 0.240 e. The average Bonchev–Trinajstić information content (AvgIpc) is 2.06. The van der Waals surface area contributed by atoms with Crippen molar-refractivity contribution in [1.82, 2.24) is 9.80 Å². The highest BCUT2D eigenvalue weighted by Crippen LogP contribution is 2.10. The van der Waals surface area contributed by atoms with E-state index in [0.717, 1.165) is 13.1 Å². The molecule has 12 heavy (non-hydrogen) atoms. The molecule has 1 aliphatic rings. The van der Waals surface area contributed by atoms with Gasteiger partial charge in [-0.25, -0.2) is 0 Å². The second-order valence-electron chi connectivity index (χ2n) is 3.12. The average molecular weight is 167 g/mol. The molecule has 4 heteroatoms. The van der Waals surface area contributed by atoms with E-state index in [9.17, 15) is 4.79 Å². The SMILES string of the molecule is CN1CCN(C)C(CC#N)C1=O. The monoisotopic (exact) mass is 167 g/mol. The zero-order valence-corrected chi connectivity index (χ0v) is 7.45. The number of carbonyl (C=O) groups excluding carboxylic acids is 1. The van der Waals surface area contributed by atoms with Crippen LogP contribution in [0.3, 0.4) is 0 Å². The van der Waals surface area contributed by atoms with Gasteiger partial charge in [0.25, 0.3) is 0 Å². The summed E-state index contributed by atoms with van der Waals surface area (Å²) in [5, 5.41) is 8.49. The predicted molar refractivity (Wildman–Crippen MR) is 44.3 cm³/mol. The fourth-order valence-electron chi connectivity index (χ4n) is 1.35. The van der Waals surface area contributed by atoms with Gasteiger partial charge in [0.2, 0.25) is 5.91 Å². The highest BCUT2D eigenvalue weighted by atomic mass is 16.2. The Labute approximate surface area is 72.4 Å². The van der Waals surface area contributed by atoms with Gasteiger partial charge in [-0.2, -0.15) is 5.26 Å². The van der Waals surface area contributed by atoms with Crippen molar-refractivity contribution >= 4 is 5.91 Å². The van der Waals surface area contributed by atoms with Crippen LogP contribution in [-0.2, 0) is 4.79 Å². The first-order chi connectivity index (χ1) is 5.66. The van der Waals surface area contributed by atoms with E-state index in [1.807, 2.05) is 18.0 Å². The maximum Gasteiger partial charge on any atom is 0.240 e. The van der Waals surface area contributed by atoms with Crippen LogP contribution in [-0.4, -0.2) is 48.9 Å². The molecule has 1 atom stereocenters. The van der Waals surface area contributed by atoms with E-state index in [2.05, 4.69) is 0 Å². The number of nitriles is 1. The lowest BCUT2D eigenvalue weighted by atomic mass is 10.1. The van der Waals surface area contributed by atoms with Crippen molar-refractivity contribution in [2.75, 3.05) is 27.2 Å². The fourth-order valence-corrected chi connectivity index (χ4v) is 1.35. The van der Waals surface area contributed by atoms with E-state index in [1.54, 1.807) is 11.9 Å². The quantitative estimate of drug-likeness (QED) is 0.537. The minimum atomic E-state index is -0.228. The van der Waals surface area contributed by atoms with E-state index in [4.69, 9.17) is 5.26 Å². The fraction of sp³-hybridized carbons (Fsp3) is 0.750. The number of nitrogens with zero attached hydrogens (tertiary/aromatic N) is 3. The molecule has 1 amide bonds. The molecule has 1 aliphatic heterocycles. The lowest BCUT2D eigenvalue weighted by Gasteiger charge is -2.35. The number of rotatable bonds is 1. The molecule has 0 spiro atoms. The molecule has 0 aromatic heterocycles. The first-order valence-electron chi connectivity index (χ1n) is 3.99. The first-order valence-corrected chi connectivity index (χ1v) is 3.99. The van der Waals surface area contributed by atoms with Gasteiger partial charge >= 0.3 is 0 Å². The lowest BCUT2D eigenvalue weighted by Crippen LogP contribution is -2.53. The van der Waals surface area contributed by atoms with Crippen molar-refractivity contribution in [2.24, 2.45) is 0 Å². The molecular weight excluding hydrogens is 154 g/mol. The van der Waals surface area contributed by atoms with Gasteiger partial charge in [-0.05, 0) is 7.05 Å². The minimum absolute atomic E-state index is 0.0605. The van der Waals surface area contributed by atoms with Gasteiger partial charge in [0, 0.05) is 20.1 Å². The van der Waals surface area contributed by atoms with Crippen LogP contribution in [0.1, 0.15) is 6.42 Å². The molecular formula is C8H13N3O. The molecule has 1 rings (SSSR count). The summed E-state index contributed by atoms with van der Waals surface area (Å²) in [4.78, 5) is 15.1. The molecule has 0 saturated carbocycles. The van der Waals surface area contributed by atoms with Gasteiger partial charge in [0.15, 0.2) is 0 Å². The molecule has 1 unspecified atom stereocenters. The third-order valence-electron chi connectivity index (χ3n) is 2.27. The second kappa shape index (κ2) is 3.55. The molecule has 0 radical (unpaired) electrons. The van der Waals surface area contributed by atoms with Crippen LogP contribution in [0.15, 0.2) is 0 Å². The van der Waals surface area contributed by atoms with Crippen molar-refractivity contribution in [3.8, 4) is 6.07 Å². The van der Waals surface area contributed by atoms with Crippen LogP contribution in [0.25, 0.3) is 0 Å². The van der Waals surface area contributed by atoms with Gasteiger partial charge in [-0.1, -0.05) is 0 Å². The zero-order valence-electron chi connectivity index (χ0n) is 7.45. The van der Waals surface area contributed by atoms with E-state index in [-0.39, 0.29) is 11.9 Å². The number of amides is 1. The Balaban J connectivity index is 2.66. The Morgan fingerprint density at radius 2 is 2.25 bits per heavy atom. The molecule has 0 aromatic rings. The highest BCUT2D eigenvalue weighted by molar-refractivity contribution is 5.82. The Bertz CT molecular complexity index is 221. The Morgan fingerprint density at radius 1 is 1.58 bits per heavy atom. The van der Waals surface area contributed by atoms with Crippen LogP contribution < -0.4 is 0 Å². The summed E-state index contributed by atoms with van der Waals surface area (Å²) in [5.41, 5.74) is 0. The van der Waals surface area contributed by atoms with Gasteiger partial charge in [-0.15, -0.1) is 0 Å². The van der Waals surface area contributed by atoms with Gasteiger partial charge in [0.05, 0.1) is 12.5 Å². The maximum atomic E-state index is 11.5. The number of likely N-dealkylation sites (N-methyl/N-ethyl adjacent to an activating group) is 2. The maximum absolute atomic E-state index is 11.5. The Morgan fingerprint density at radius 3 is 2.83 bits per heavy atom. The third-order valence-corrected chi connectivity index (χ3v) is 2.27. The molecule has 1 saturated heterocycles. The molecule has 0 N–H and O–H groups in total. The summed E-state index contributed by atoms with van der Waals surface area (Å²) in [7, 11) is 3.66. The van der Waals surface area contributed by atoms with Crippen LogP contribution in [0.2, 0.25) is 0 Å². The standard InChI is InChI=1S/C8H13N3O/c1-10-5-6-11(2)8(12)7(10)3-4-9/h7H,3,5-6H2,1-2H3. The predicted octanol–water partition coefficient (Wildman–Crippen LogP) is -0.328. The number of hydrogen-bond donors (Lipinski definition) is 0. The van der Waals surface area contributed by atoms with E-state index < -0.39 is 0 Å². The number of piperazine rings is 1. The highest BCUT2D eigenvalue weighted by Gasteiger charge is 2.29. The minimum Gasteiger partial charge on any atom is -0.343 e. The second-order valence-corrected chi connectivity index (χ2v) is 3.12. The molecule has 0 bridgehead atoms. The van der Waals surface area contributed by atoms with E-state index in [0.29, 0.717) is 6.42 Å². The van der Waals surface area contributed by atoms with Crippen molar-refractivity contribution in [2.45, 2.75) is 12.5 Å². The molecule has 0 aromatic carbocycles. The van der Waals surface area contributed by atoms with Crippen molar-refractivity contribution in [3.63, 3.8) is 0 Å². The Kier molecular flexibility index (Phi) is 2.66. The van der Waals surface area contributed by atoms with E-state index >= 15 is 0 Å². The van der Waals surface area contributed by atoms with Gasteiger partial charge in [-0.3, -0.25) is 9.69 Å². The van der Waals surface area contributed by atoms with Crippen molar-refractivity contribution in [1.29, 1.82) is 5.26 Å². The molecule has 1 fully saturated rings. The number of carbonyl (C=O) groups is 1. The summed E-state index contributed by atoms with van der Waals surface area (Å²) in [6, 6.07) is 1.80. The van der Waals surface area contributed by atoms with Gasteiger partial charge in [0.1, 0.15) is 6.04 Å². The zero-order chi connectivity index (χ0) is 9.14. The molecule has 1 heterocycles. The molecule has 4 nitrogen and oxygen atoms in total. The lowest BCUT2D eigenvalue weighted by molar-refractivity contribution is -0.138. The number of hydrogen-bond acceptors (Lipinski definition) is 3. The van der Waals surface area contributed by atoms with Crippen molar-refractivity contribution < 1.29 is 4.79 Å². The Hall–Kier alpha value is -1.08. The summed E-state index contributed by atoms with van der Waals surface area (Å²) in [6.45, 7) is 1.62. The van der Waals surface area contributed by atoms with E-state index in [1.165, 1.54) is 0 Å². The molecule has 66 valence electrons. The summed E-state index contributed by atoms with van der Waals surface area (Å²) in [5.74, 6) is 0.0605. The summed E-state index contributed by atoms with van der Waals surface area (Å²) < 4.78 is 0. The van der Waals surface area contributed by atoms with Crippen LogP contribution in [0.5, 0.6) is 0 Å². The van der Waals surface area contributed by atoms with Crippen LogP contribution in [0.4, 0.5) is 0 Å². The summed E-state index contributed by atoms with van der Waals surface area (Å²) in [6.07, 6.45) is 0.291.